The molecule has 7 nitrogen and oxygen atoms in total. The van der Waals surface area contributed by atoms with Crippen LogP contribution in [0.25, 0.3) is 49.5 Å². The van der Waals surface area contributed by atoms with Gasteiger partial charge in [-0.2, -0.15) is 5.10 Å². The third-order valence-corrected chi connectivity index (χ3v) is 7.01. The van der Waals surface area contributed by atoms with Gasteiger partial charge in [0.1, 0.15) is 5.69 Å². The summed E-state index contributed by atoms with van der Waals surface area (Å²) in [5, 5.41) is 12.0. The predicted molar refractivity (Wildman–Crippen MR) is 128 cm³/mol. The second kappa shape index (κ2) is 7.51. The molecule has 0 bridgehead atoms. The lowest BCUT2D eigenvalue weighted by Gasteiger charge is -2.13. The molecular formula is C24H20N6OS. The van der Waals surface area contributed by atoms with E-state index in [9.17, 15) is 4.79 Å². The van der Waals surface area contributed by atoms with Crippen molar-refractivity contribution in [1.29, 1.82) is 0 Å². The number of para-hydroxylation sites is 1. The van der Waals surface area contributed by atoms with Crippen LogP contribution in [0.2, 0.25) is 0 Å². The summed E-state index contributed by atoms with van der Waals surface area (Å²) < 4.78 is 0. The molecule has 0 unspecified atom stereocenters. The molecule has 0 saturated carbocycles. The number of imidazole rings is 1. The van der Waals surface area contributed by atoms with E-state index in [0.717, 1.165) is 68.2 Å². The van der Waals surface area contributed by atoms with Crippen LogP contribution in [0.15, 0.2) is 48.7 Å². The van der Waals surface area contributed by atoms with Gasteiger partial charge in [0.15, 0.2) is 11.6 Å². The van der Waals surface area contributed by atoms with Crippen LogP contribution in [0.1, 0.15) is 28.7 Å². The van der Waals surface area contributed by atoms with Crippen molar-refractivity contribution in [1.82, 2.24) is 30.5 Å². The number of hydrogen-bond donors (Lipinski definition) is 3. The topological polar surface area (TPSA) is 99.4 Å². The van der Waals surface area contributed by atoms with Crippen LogP contribution in [0.4, 0.5) is 0 Å². The SMILES string of the molecule is CC(=O)c1ccc(-c2cccc3[nH]c(-c4n[nH]c5cnc(C6=CCNCC6)cc45)nc23)s1. The zero-order chi connectivity index (χ0) is 21.7. The number of aromatic nitrogens is 5. The summed E-state index contributed by atoms with van der Waals surface area (Å²) in [5.74, 6) is 0.783. The number of nitrogens with one attached hydrogen (secondary N) is 3. The number of nitrogens with zero attached hydrogens (tertiary/aromatic N) is 3. The Balaban J connectivity index is 1.47. The van der Waals surface area contributed by atoms with Crippen LogP contribution < -0.4 is 5.32 Å². The van der Waals surface area contributed by atoms with Crippen molar-refractivity contribution in [3.05, 3.63) is 59.2 Å². The zero-order valence-corrected chi connectivity index (χ0v) is 18.2. The van der Waals surface area contributed by atoms with Crippen molar-refractivity contribution in [3.8, 4) is 22.0 Å². The number of benzene rings is 1. The van der Waals surface area contributed by atoms with Gasteiger partial charge in [0.2, 0.25) is 0 Å². The quantitative estimate of drug-likeness (QED) is 0.348. The minimum absolute atomic E-state index is 0.0763. The largest absolute Gasteiger partial charge is 0.337 e. The molecule has 158 valence electrons. The summed E-state index contributed by atoms with van der Waals surface area (Å²) in [6, 6.07) is 12.0. The first kappa shape index (κ1) is 19.1. The minimum Gasteiger partial charge on any atom is -0.337 e. The van der Waals surface area contributed by atoms with E-state index in [1.165, 1.54) is 16.9 Å². The zero-order valence-electron chi connectivity index (χ0n) is 17.4. The highest BCUT2D eigenvalue weighted by Crippen LogP contribution is 2.35. The van der Waals surface area contributed by atoms with E-state index in [1.54, 1.807) is 6.92 Å². The summed E-state index contributed by atoms with van der Waals surface area (Å²) in [4.78, 5) is 26.5. The molecule has 0 aliphatic carbocycles. The minimum atomic E-state index is 0.0763. The van der Waals surface area contributed by atoms with E-state index in [0.29, 0.717) is 5.82 Å². The van der Waals surface area contributed by atoms with E-state index in [2.05, 4.69) is 37.6 Å². The molecule has 0 fully saturated rings. The van der Waals surface area contributed by atoms with E-state index >= 15 is 0 Å². The normalized spacial score (nSPS) is 14.2. The van der Waals surface area contributed by atoms with Crippen molar-refractivity contribution >= 4 is 44.6 Å². The molecule has 3 N–H and O–H groups in total. The van der Waals surface area contributed by atoms with Gasteiger partial charge in [-0.25, -0.2) is 4.98 Å². The van der Waals surface area contributed by atoms with Crippen LogP contribution in [0.5, 0.6) is 0 Å². The first-order valence-corrected chi connectivity index (χ1v) is 11.3. The lowest BCUT2D eigenvalue weighted by molar-refractivity contribution is 0.102. The van der Waals surface area contributed by atoms with Gasteiger partial charge in [0.05, 0.1) is 33.3 Å². The summed E-state index contributed by atoms with van der Waals surface area (Å²) >= 11 is 1.49. The van der Waals surface area contributed by atoms with Gasteiger partial charge in [-0.3, -0.25) is 14.9 Å². The molecular weight excluding hydrogens is 420 g/mol. The molecule has 5 heterocycles. The first-order valence-electron chi connectivity index (χ1n) is 10.5. The Morgan fingerprint density at radius 1 is 1.16 bits per heavy atom. The molecule has 1 aliphatic rings. The number of thiophene rings is 1. The molecule has 1 aliphatic heterocycles. The Hall–Kier alpha value is -3.62. The van der Waals surface area contributed by atoms with Gasteiger partial charge in [-0.1, -0.05) is 18.2 Å². The number of hydrogen-bond acceptors (Lipinski definition) is 6. The van der Waals surface area contributed by atoms with Crippen LogP contribution in [-0.4, -0.2) is 44.0 Å². The van der Waals surface area contributed by atoms with E-state index in [1.807, 2.05) is 36.5 Å². The van der Waals surface area contributed by atoms with Gasteiger partial charge >= 0.3 is 0 Å². The van der Waals surface area contributed by atoms with E-state index in [-0.39, 0.29) is 5.78 Å². The standard InChI is InChI=1S/C24H20N6OS/c1-13(31)20-5-6-21(32-20)15-3-2-4-17-22(15)28-24(27-17)23-16-11-18(14-7-9-25-10-8-14)26-12-19(16)29-30-23/h2-7,11-12,25H,8-10H2,1H3,(H,27,28)(H,29,30). The number of Topliss-reactive ketones (excluding diaryl/α,β-unsaturated/α-hetero) is 1. The smallest absolute Gasteiger partial charge is 0.169 e. The molecule has 0 amide bonds. The highest BCUT2D eigenvalue weighted by molar-refractivity contribution is 7.17. The number of carbonyl (C=O) groups excluding carboxylic acids is 1. The Labute approximate surface area is 187 Å². The summed E-state index contributed by atoms with van der Waals surface area (Å²) in [5.41, 5.74) is 6.69. The molecule has 6 rings (SSSR count). The fourth-order valence-electron chi connectivity index (χ4n) is 4.14. The fourth-order valence-corrected chi connectivity index (χ4v) is 5.07. The molecule has 32 heavy (non-hydrogen) atoms. The molecule has 4 aromatic heterocycles. The van der Waals surface area contributed by atoms with Gasteiger partial charge in [0, 0.05) is 22.4 Å². The van der Waals surface area contributed by atoms with Gasteiger partial charge in [-0.05, 0) is 49.7 Å². The number of carbonyl (C=O) groups is 1. The molecule has 1 aromatic carbocycles. The maximum atomic E-state index is 11.7. The van der Waals surface area contributed by atoms with Crippen LogP contribution in [0, 0.1) is 0 Å². The average Bonchev–Trinajstić information content (AvgIpc) is 3.56. The Kier molecular flexibility index (Phi) is 4.48. The third-order valence-electron chi connectivity index (χ3n) is 5.80. The maximum absolute atomic E-state index is 11.7. The summed E-state index contributed by atoms with van der Waals surface area (Å²) in [7, 11) is 0. The molecule has 0 spiro atoms. The maximum Gasteiger partial charge on any atom is 0.169 e. The highest BCUT2D eigenvalue weighted by atomic mass is 32.1. The number of fused-ring (bicyclic) bond motifs is 2. The number of pyridine rings is 1. The van der Waals surface area contributed by atoms with Gasteiger partial charge in [-0.15, -0.1) is 11.3 Å². The van der Waals surface area contributed by atoms with Crippen LogP contribution in [0.3, 0.4) is 0 Å². The molecule has 5 aromatic rings. The second-order valence-corrected chi connectivity index (χ2v) is 8.96. The van der Waals surface area contributed by atoms with Gasteiger partial charge in [0.25, 0.3) is 0 Å². The Morgan fingerprint density at radius 2 is 2.09 bits per heavy atom. The van der Waals surface area contributed by atoms with Crippen LogP contribution >= 0.6 is 11.3 Å². The first-order chi connectivity index (χ1) is 15.7. The van der Waals surface area contributed by atoms with E-state index < -0.39 is 0 Å². The monoisotopic (exact) mass is 440 g/mol. The lowest BCUT2D eigenvalue weighted by Crippen LogP contribution is -2.20. The number of ketones is 1. The Morgan fingerprint density at radius 3 is 2.91 bits per heavy atom. The Bertz CT molecular complexity index is 1520. The van der Waals surface area contributed by atoms with Crippen molar-refractivity contribution in [3.63, 3.8) is 0 Å². The summed E-state index contributed by atoms with van der Waals surface area (Å²) in [6.45, 7) is 3.42. The van der Waals surface area contributed by atoms with Crippen LogP contribution in [-0.2, 0) is 0 Å². The molecule has 0 saturated heterocycles. The average molecular weight is 441 g/mol. The number of H-pyrrole nitrogens is 2. The molecule has 0 radical (unpaired) electrons. The number of rotatable bonds is 4. The molecule has 0 atom stereocenters. The highest BCUT2D eigenvalue weighted by Gasteiger charge is 2.18. The second-order valence-electron chi connectivity index (χ2n) is 7.88. The van der Waals surface area contributed by atoms with Crippen molar-refractivity contribution < 1.29 is 4.79 Å². The van der Waals surface area contributed by atoms with Crippen molar-refractivity contribution in [2.45, 2.75) is 13.3 Å². The van der Waals surface area contributed by atoms with Crippen molar-refractivity contribution in [2.24, 2.45) is 0 Å². The van der Waals surface area contributed by atoms with Crippen molar-refractivity contribution in [2.75, 3.05) is 13.1 Å². The fraction of sp³-hybridized carbons (Fsp3) is 0.167. The molecule has 8 heteroatoms. The van der Waals surface area contributed by atoms with E-state index in [4.69, 9.17) is 4.98 Å². The predicted octanol–water partition coefficient (Wildman–Crippen LogP) is 4.81. The lowest BCUT2D eigenvalue weighted by atomic mass is 10.0. The third kappa shape index (κ3) is 3.16. The summed E-state index contributed by atoms with van der Waals surface area (Å²) in [6.07, 6.45) is 5.00. The number of aromatic amines is 2. The van der Waals surface area contributed by atoms with Gasteiger partial charge < -0.3 is 10.3 Å².